The molecular weight excluding hydrogens is 256 g/mol. The standard InChI is InChI=1S/C14H18N4O2/c1-9(2)16-13-11(14(19)20-3)12(15)18(17-13)10-7-5-4-6-8-10/h4-9H,15H2,1-3H3,(H,16,17). The Kier molecular flexibility index (Phi) is 3.93. The van der Waals surface area contributed by atoms with E-state index >= 15 is 0 Å². The Morgan fingerprint density at radius 1 is 1.35 bits per heavy atom. The highest BCUT2D eigenvalue weighted by molar-refractivity contribution is 6.00. The van der Waals surface area contributed by atoms with Crippen LogP contribution in [0.3, 0.4) is 0 Å². The number of rotatable bonds is 4. The molecule has 0 aliphatic rings. The first-order valence-corrected chi connectivity index (χ1v) is 6.33. The number of methoxy groups -OCH3 is 1. The van der Waals surface area contributed by atoms with Crippen molar-refractivity contribution >= 4 is 17.6 Å². The van der Waals surface area contributed by atoms with Crippen LogP contribution in [0.5, 0.6) is 0 Å². The molecule has 0 saturated heterocycles. The molecule has 0 aliphatic carbocycles. The zero-order valence-corrected chi connectivity index (χ0v) is 11.8. The Labute approximate surface area is 117 Å². The molecule has 1 aromatic heterocycles. The monoisotopic (exact) mass is 274 g/mol. The number of aromatic nitrogens is 2. The van der Waals surface area contributed by atoms with Crippen molar-refractivity contribution in [3.63, 3.8) is 0 Å². The summed E-state index contributed by atoms with van der Waals surface area (Å²) >= 11 is 0. The summed E-state index contributed by atoms with van der Waals surface area (Å²) in [5.41, 5.74) is 7.09. The number of hydrogen-bond donors (Lipinski definition) is 2. The number of ether oxygens (including phenoxy) is 1. The van der Waals surface area contributed by atoms with Crippen LogP contribution in [0.15, 0.2) is 30.3 Å². The van der Waals surface area contributed by atoms with E-state index in [4.69, 9.17) is 10.5 Å². The Hall–Kier alpha value is -2.50. The molecule has 3 N–H and O–H groups in total. The summed E-state index contributed by atoms with van der Waals surface area (Å²) in [7, 11) is 1.32. The zero-order valence-electron chi connectivity index (χ0n) is 11.8. The molecule has 20 heavy (non-hydrogen) atoms. The van der Waals surface area contributed by atoms with Gasteiger partial charge >= 0.3 is 5.97 Å². The third-order valence-corrected chi connectivity index (χ3v) is 2.74. The second kappa shape index (κ2) is 5.64. The summed E-state index contributed by atoms with van der Waals surface area (Å²) in [5, 5.41) is 7.48. The number of nitrogen functional groups attached to an aromatic ring is 1. The van der Waals surface area contributed by atoms with Crippen LogP contribution in [0, 0.1) is 0 Å². The summed E-state index contributed by atoms with van der Waals surface area (Å²) in [6, 6.07) is 9.51. The average molecular weight is 274 g/mol. The second-order valence-corrected chi connectivity index (χ2v) is 4.65. The number of esters is 1. The van der Waals surface area contributed by atoms with Crippen LogP contribution in [0.4, 0.5) is 11.6 Å². The number of para-hydroxylation sites is 1. The number of nitrogens with one attached hydrogen (secondary N) is 1. The SMILES string of the molecule is COC(=O)c1c(NC(C)C)nn(-c2ccccc2)c1N. The third-order valence-electron chi connectivity index (χ3n) is 2.74. The van der Waals surface area contributed by atoms with Gasteiger partial charge in [0.25, 0.3) is 0 Å². The molecule has 6 nitrogen and oxygen atoms in total. The molecule has 0 atom stereocenters. The molecule has 0 saturated carbocycles. The highest BCUT2D eigenvalue weighted by Gasteiger charge is 2.23. The van der Waals surface area contributed by atoms with Crippen molar-refractivity contribution in [3.8, 4) is 5.69 Å². The van der Waals surface area contributed by atoms with E-state index < -0.39 is 5.97 Å². The molecule has 0 aliphatic heterocycles. The number of carbonyl (C=O) groups excluding carboxylic acids is 1. The van der Waals surface area contributed by atoms with Crippen molar-refractivity contribution in [1.82, 2.24) is 9.78 Å². The third kappa shape index (κ3) is 2.59. The molecule has 106 valence electrons. The molecule has 0 unspecified atom stereocenters. The van der Waals surface area contributed by atoms with E-state index in [9.17, 15) is 4.79 Å². The van der Waals surface area contributed by atoms with E-state index in [-0.39, 0.29) is 17.4 Å². The summed E-state index contributed by atoms with van der Waals surface area (Å²) < 4.78 is 6.30. The molecule has 0 radical (unpaired) electrons. The lowest BCUT2D eigenvalue weighted by atomic mass is 10.2. The zero-order chi connectivity index (χ0) is 14.7. The van der Waals surface area contributed by atoms with Crippen molar-refractivity contribution in [2.45, 2.75) is 19.9 Å². The molecule has 0 bridgehead atoms. The topological polar surface area (TPSA) is 82.2 Å². The van der Waals surface area contributed by atoms with Crippen molar-refractivity contribution in [2.75, 3.05) is 18.2 Å². The van der Waals surface area contributed by atoms with Gasteiger partial charge in [-0.15, -0.1) is 5.10 Å². The van der Waals surface area contributed by atoms with Gasteiger partial charge < -0.3 is 15.8 Å². The first-order valence-electron chi connectivity index (χ1n) is 6.33. The van der Waals surface area contributed by atoms with Crippen LogP contribution in [0.25, 0.3) is 5.69 Å². The fraction of sp³-hybridized carbons (Fsp3) is 0.286. The minimum atomic E-state index is -0.507. The normalized spacial score (nSPS) is 10.6. The van der Waals surface area contributed by atoms with Crippen LogP contribution in [-0.4, -0.2) is 28.9 Å². The Bertz CT molecular complexity index is 605. The van der Waals surface area contributed by atoms with Gasteiger partial charge in [-0.1, -0.05) is 18.2 Å². The van der Waals surface area contributed by atoms with E-state index in [1.54, 1.807) is 0 Å². The Morgan fingerprint density at radius 3 is 2.55 bits per heavy atom. The van der Waals surface area contributed by atoms with Crippen LogP contribution >= 0.6 is 0 Å². The van der Waals surface area contributed by atoms with E-state index in [0.29, 0.717) is 5.82 Å². The minimum Gasteiger partial charge on any atom is -0.465 e. The van der Waals surface area contributed by atoms with Gasteiger partial charge in [-0.05, 0) is 26.0 Å². The predicted molar refractivity (Wildman–Crippen MR) is 78.1 cm³/mol. The van der Waals surface area contributed by atoms with E-state index in [0.717, 1.165) is 5.69 Å². The maximum Gasteiger partial charge on any atom is 0.345 e. The molecule has 0 amide bonds. The number of carbonyl (C=O) groups is 1. The average Bonchev–Trinajstić information content (AvgIpc) is 2.75. The summed E-state index contributed by atoms with van der Waals surface area (Å²) in [6.45, 7) is 3.91. The second-order valence-electron chi connectivity index (χ2n) is 4.65. The van der Waals surface area contributed by atoms with Gasteiger partial charge in [0.15, 0.2) is 5.82 Å². The molecule has 2 aromatic rings. The van der Waals surface area contributed by atoms with Crippen LogP contribution in [0.1, 0.15) is 24.2 Å². The first kappa shape index (κ1) is 13.9. The van der Waals surface area contributed by atoms with Crippen molar-refractivity contribution in [2.24, 2.45) is 0 Å². The lowest BCUT2D eigenvalue weighted by Crippen LogP contribution is -2.14. The van der Waals surface area contributed by atoms with Crippen LogP contribution < -0.4 is 11.1 Å². The number of nitrogens with two attached hydrogens (primary N) is 1. The smallest absolute Gasteiger partial charge is 0.345 e. The predicted octanol–water partition coefficient (Wildman–Crippen LogP) is 2.06. The van der Waals surface area contributed by atoms with Gasteiger partial charge in [-0.3, -0.25) is 0 Å². The van der Waals surface area contributed by atoms with Gasteiger partial charge in [-0.25, -0.2) is 9.48 Å². The number of hydrogen-bond acceptors (Lipinski definition) is 5. The maximum atomic E-state index is 11.9. The highest BCUT2D eigenvalue weighted by atomic mass is 16.5. The molecule has 2 rings (SSSR count). The molecule has 1 aromatic carbocycles. The molecule has 0 fully saturated rings. The lowest BCUT2D eigenvalue weighted by molar-refractivity contribution is 0.0603. The van der Waals surface area contributed by atoms with E-state index in [1.807, 2.05) is 44.2 Å². The molecule has 0 spiro atoms. The van der Waals surface area contributed by atoms with Crippen molar-refractivity contribution in [3.05, 3.63) is 35.9 Å². The van der Waals surface area contributed by atoms with Gasteiger partial charge in [-0.2, -0.15) is 0 Å². The van der Waals surface area contributed by atoms with E-state index in [1.165, 1.54) is 11.8 Å². The van der Waals surface area contributed by atoms with E-state index in [2.05, 4.69) is 10.4 Å². The quantitative estimate of drug-likeness (QED) is 0.834. The minimum absolute atomic E-state index is 0.122. The molecular formula is C14H18N4O2. The number of anilines is 2. The Morgan fingerprint density at radius 2 is 2.00 bits per heavy atom. The van der Waals surface area contributed by atoms with Gasteiger partial charge in [0, 0.05) is 6.04 Å². The van der Waals surface area contributed by atoms with Crippen molar-refractivity contribution in [1.29, 1.82) is 0 Å². The fourth-order valence-electron chi connectivity index (χ4n) is 1.87. The molecule has 1 heterocycles. The summed E-state index contributed by atoms with van der Waals surface area (Å²) in [5.74, 6) is 0.173. The maximum absolute atomic E-state index is 11.9. The first-order chi connectivity index (χ1) is 9.54. The Balaban J connectivity index is 2.55. The van der Waals surface area contributed by atoms with Crippen molar-refractivity contribution < 1.29 is 9.53 Å². The van der Waals surface area contributed by atoms with Gasteiger partial charge in [0.2, 0.25) is 0 Å². The number of nitrogens with zero attached hydrogens (tertiary/aromatic N) is 2. The van der Waals surface area contributed by atoms with Gasteiger partial charge in [0.1, 0.15) is 11.4 Å². The lowest BCUT2D eigenvalue weighted by Gasteiger charge is -2.07. The number of benzene rings is 1. The van der Waals surface area contributed by atoms with Crippen LogP contribution in [-0.2, 0) is 4.74 Å². The fourth-order valence-corrected chi connectivity index (χ4v) is 1.87. The highest BCUT2D eigenvalue weighted by Crippen LogP contribution is 2.26. The van der Waals surface area contributed by atoms with Gasteiger partial charge in [0.05, 0.1) is 12.8 Å². The largest absolute Gasteiger partial charge is 0.465 e. The summed E-state index contributed by atoms with van der Waals surface area (Å²) in [6.07, 6.45) is 0. The molecule has 6 heteroatoms. The summed E-state index contributed by atoms with van der Waals surface area (Å²) in [4.78, 5) is 11.9. The van der Waals surface area contributed by atoms with Crippen LogP contribution in [0.2, 0.25) is 0 Å².